The molecule has 2 aromatic rings. The first-order valence-electron chi connectivity index (χ1n) is 7.33. The number of carbonyl (C=O) groups excluding carboxylic acids is 1. The van der Waals surface area contributed by atoms with Gasteiger partial charge in [0.05, 0.1) is 0 Å². The lowest BCUT2D eigenvalue weighted by Crippen LogP contribution is -2.37. The number of pyridine rings is 2. The minimum Gasteiger partial charge on any atom is -0.384 e. The van der Waals surface area contributed by atoms with E-state index in [0.717, 1.165) is 41.9 Å². The van der Waals surface area contributed by atoms with Crippen molar-refractivity contribution in [3.05, 3.63) is 30.1 Å². The molecular formula is C16H20N4O. The van der Waals surface area contributed by atoms with E-state index in [1.807, 2.05) is 37.1 Å². The maximum atomic E-state index is 11.7. The predicted octanol–water partition coefficient (Wildman–Crippen LogP) is 2.22. The van der Waals surface area contributed by atoms with Crippen molar-refractivity contribution in [3.63, 3.8) is 0 Å². The summed E-state index contributed by atoms with van der Waals surface area (Å²) >= 11 is 0. The predicted molar refractivity (Wildman–Crippen MR) is 83.1 cm³/mol. The number of piperidine rings is 1. The molecule has 1 fully saturated rings. The Labute approximate surface area is 124 Å². The SMILES string of the molecule is Cc1ccc2c(NCC3CCN(C)C(=O)C3)ccnc2n1. The van der Waals surface area contributed by atoms with E-state index >= 15 is 0 Å². The number of nitrogens with one attached hydrogen (secondary N) is 1. The minimum absolute atomic E-state index is 0.241. The Morgan fingerprint density at radius 2 is 2.24 bits per heavy atom. The van der Waals surface area contributed by atoms with Gasteiger partial charge in [0.2, 0.25) is 5.91 Å². The summed E-state index contributed by atoms with van der Waals surface area (Å²) in [5.41, 5.74) is 2.77. The molecule has 0 aliphatic carbocycles. The lowest BCUT2D eigenvalue weighted by Gasteiger charge is -2.29. The molecule has 5 nitrogen and oxygen atoms in total. The standard InChI is InChI=1S/C16H20N4O/c1-11-3-4-13-14(5-7-17-16(13)19-11)18-10-12-6-8-20(2)15(21)9-12/h3-5,7,12H,6,8-10H2,1-2H3,(H,17,18,19). The van der Waals surface area contributed by atoms with Crippen LogP contribution < -0.4 is 5.32 Å². The van der Waals surface area contributed by atoms with Crippen LogP contribution in [0.3, 0.4) is 0 Å². The molecule has 5 heteroatoms. The van der Waals surface area contributed by atoms with Gasteiger partial charge >= 0.3 is 0 Å². The first kappa shape index (κ1) is 13.8. The highest BCUT2D eigenvalue weighted by molar-refractivity contribution is 5.88. The number of hydrogen-bond donors (Lipinski definition) is 1. The van der Waals surface area contributed by atoms with Crippen molar-refractivity contribution in [2.24, 2.45) is 5.92 Å². The summed E-state index contributed by atoms with van der Waals surface area (Å²) in [6.07, 6.45) is 3.45. The van der Waals surface area contributed by atoms with Gasteiger partial charge in [-0.15, -0.1) is 0 Å². The summed E-state index contributed by atoms with van der Waals surface area (Å²) in [5.74, 6) is 0.639. The Balaban J connectivity index is 1.72. The maximum Gasteiger partial charge on any atom is 0.222 e. The number of nitrogens with zero attached hydrogens (tertiary/aromatic N) is 3. The largest absolute Gasteiger partial charge is 0.384 e. The molecule has 1 aliphatic heterocycles. The smallest absolute Gasteiger partial charge is 0.222 e. The van der Waals surface area contributed by atoms with Gasteiger partial charge in [-0.1, -0.05) is 0 Å². The summed E-state index contributed by atoms with van der Waals surface area (Å²) < 4.78 is 0. The minimum atomic E-state index is 0.241. The highest BCUT2D eigenvalue weighted by atomic mass is 16.2. The van der Waals surface area contributed by atoms with Gasteiger partial charge in [0.15, 0.2) is 5.65 Å². The van der Waals surface area contributed by atoms with Crippen molar-refractivity contribution >= 4 is 22.6 Å². The zero-order valence-electron chi connectivity index (χ0n) is 12.5. The summed E-state index contributed by atoms with van der Waals surface area (Å²) in [7, 11) is 1.87. The van der Waals surface area contributed by atoms with Crippen LogP contribution in [0.5, 0.6) is 0 Å². The molecule has 2 aromatic heterocycles. The van der Waals surface area contributed by atoms with Crippen LogP contribution in [-0.4, -0.2) is 40.9 Å². The molecule has 1 saturated heterocycles. The van der Waals surface area contributed by atoms with Crippen LogP contribution in [0.25, 0.3) is 11.0 Å². The van der Waals surface area contributed by atoms with Crippen molar-refractivity contribution in [3.8, 4) is 0 Å². The molecule has 1 amide bonds. The monoisotopic (exact) mass is 284 g/mol. The topological polar surface area (TPSA) is 58.1 Å². The van der Waals surface area contributed by atoms with E-state index in [4.69, 9.17) is 0 Å². The third-order valence-electron chi connectivity index (χ3n) is 4.09. The Bertz CT molecular complexity index is 670. The number of aryl methyl sites for hydroxylation is 1. The molecule has 110 valence electrons. The van der Waals surface area contributed by atoms with E-state index in [0.29, 0.717) is 12.3 Å². The second-order valence-electron chi connectivity index (χ2n) is 5.74. The number of amides is 1. The fourth-order valence-corrected chi connectivity index (χ4v) is 2.71. The van der Waals surface area contributed by atoms with Gasteiger partial charge < -0.3 is 10.2 Å². The average Bonchev–Trinajstić information content (AvgIpc) is 2.48. The van der Waals surface area contributed by atoms with Gasteiger partial charge in [0.25, 0.3) is 0 Å². The number of carbonyl (C=O) groups is 1. The third kappa shape index (κ3) is 2.96. The Morgan fingerprint density at radius 1 is 1.38 bits per heavy atom. The maximum absolute atomic E-state index is 11.7. The lowest BCUT2D eigenvalue weighted by molar-refractivity contribution is -0.133. The summed E-state index contributed by atoms with van der Waals surface area (Å²) in [5, 5.41) is 4.49. The molecule has 0 aromatic carbocycles. The van der Waals surface area contributed by atoms with Crippen molar-refractivity contribution in [1.82, 2.24) is 14.9 Å². The molecule has 1 atom stereocenters. The quantitative estimate of drug-likeness (QED) is 0.939. The molecule has 3 heterocycles. The highest BCUT2D eigenvalue weighted by Crippen LogP contribution is 2.23. The van der Waals surface area contributed by atoms with Crippen LogP contribution in [0, 0.1) is 12.8 Å². The van der Waals surface area contributed by atoms with Crippen molar-refractivity contribution in [1.29, 1.82) is 0 Å². The normalized spacial score (nSPS) is 19.0. The number of hydrogen-bond acceptors (Lipinski definition) is 4. The molecule has 0 spiro atoms. The fraction of sp³-hybridized carbons (Fsp3) is 0.438. The first-order chi connectivity index (χ1) is 10.1. The lowest BCUT2D eigenvalue weighted by atomic mass is 9.96. The van der Waals surface area contributed by atoms with E-state index in [1.54, 1.807) is 6.20 Å². The van der Waals surface area contributed by atoms with Gasteiger partial charge in [-0.25, -0.2) is 9.97 Å². The summed E-state index contributed by atoms with van der Waals surface area (Å²) in [6, 6.07) is 6.01. The number of rotatable bonds is 3. The van der Waals surface area contributed by atoms with Gasteiger partial charge in [-0.3, -0.25) is 4.79 Å². The molecule has 0 saturated carbocycles. The molecule has 1 N–H and O–H groups in total. The van der Waals surface area contributed by atoms with Gasteiger partial charge in [0, 0.05) is 49.5 Å². The summed E-state index contributed by atoms with van der Waals surface area (Å²) in [4.78, 5) is 22.3. The molecular weight excluding hydrogens is 264 g/mol. The van der Waals surface area contributed by atoms with Crippen LogP contribution in [0.15, 0.2) is 24.4 Å². The molecule has 0 bridgehead atoms. The van der Waals surface area contributed by atoms with Crippen LogP contribution in [0.1, 0.15) is 18.5 Å². The van der Waals surface area contributed by atoms with E-state index in [9.17, 15) is 4.79 Å². The Morgan fingerprint density at radius 3 is 3.05 bits per heavy atom. The van der Waals surface area contributed by atoms with Crippen molar-refractivity contribution in [2.45, 2.75) is 19.8 Å². The van der Waals surface area contributed by atoms with Crippen LogP contribution in [0.2, 0.25) is 0 Å². The van der Waals surface area contributed by atoms with E-state index in [-0.39, 0.29) is 5.91 Å². The van der Waals surface area contributed by atoms with Gasteiger partial charge in [0.1, 0.15) is 0 Å². The van der Waals surface area contributed by atoms with Crippen LogP contribution in [-0.2, 0) is 4.79 Å². The zero-order chi connectivity index (χ0) is 14.8. The molecule has 0 radical (unpaired) electrons. The second kappa shape index (κ2) is 5.68. The molecule has 1 aliphatic rings. The van der Waals surface area contributed by atoms with Crippen LogP contribution >= 0.6 is 0 Å². The van der Waals surface area contributed by atoms with Gasteiger partial charge in [-0.05, 0) is 37.5 Å². The number of anilines is 1. The van der Waals surface area contributed by atoms with E-state index in [1.165, 1.54) is 0 Å². The Hall–Kier alpha value is -2.17. The van der Waals surface area contributed by atoms with E-state index in [2.05, 4.69) is 15.3 Å². The first-order valence-corrected chi connectivity index (χ1v) is 7.33. The highest BCUT2D eigenvalue weighted by Gasteiger charge is 2.23. The average molecular weight is 284 g/mol. The third-order valence-corrected chi connectivity index (χ3v) is 4.09. The van der Waals surface area contributed by atoms with Gasteiger partial charge in [-0.2, -0.15) is 0 Å². The fourth-order valence-electron chi connectivity index (χ4n) is 2.71. The Kier molecular flexibility index (Phi) is 3.73. The zero-order valence-corrected chi connectivity index (χ0v) is 12.5. The molecule has 21 heavy (non-hydrogen) atoms. The van der Waals surface area contributed by atoms with Crippen molar-refractivity contribution < 1.29 is 4.79 Å². The van der Waals surface area contributed by atoms with Crippen LogP contribution in [0.4, 0.5) is 5.69 Å². The second-order valence-corrected chi connectivity index (χ2v) is 5.74. The number of likely N-dealkylation sites (tertiary alicyclic amines) is 1. The molecule has 1 unspecified atom stereocenters. The number of aromatic nitrogens is 2. The molecule has 3 rings (SSSR count). The van der Waals surface area contributed by atoms with E-state index < -0.39 is 0 Å². The summed E-state index contributed by atoms with van der Waals surface area (Å²) in [6.45, 7) is 3.63. The van der Waals surface area contributed by atoms with Crippen molar-refractivity contribution in [2.75, 3.05) is 25.5 Å². The number of fused-ring (bicyclic) bond motifs is 1.